The Balaban J connectivity index is 2.06. The van der Waals surface area contributed by atoms with E-state index in [-0.39, 0.29) is 12.7 Å². The van der Waals surface area contributed by atoms with Crippen molar-refractivity contribution >= 4 is 11.6 Å². The molecule has 0 aromatic heterocycles. The largest absolute Gasteiger partial charge is 0.492 e. The molecule has 2 heterocycles. The minimum Gasteiger partial charge on any atom is -0.492 e. The lowest BCUT2D eigenvalue weighted by atomic mass is 9.95. The van der Waals surface area contributed by atoms with Crippen LogP contribution >= 0.6 is 0 Å². The number of carbonyl (C=O) groups excluding carboxylic acids is 1. The minimum absolute atomic E-state index is 0.00370. The molecule has 0 fully saturated rings. The van der Waals surface area contributed by atoms with Crippen molar-refractivity contribution in [3.05, 3.63) is 11.1 Å². The summed E-state index contributed by atoms with van der Waals surface area (Å²) >= 11 is 0. The van der Waals surface area contributed by atoms with Crippen LogP contribution in [0.15, 0.2) is 0 Å². The first-order valence-corrected chi connectivity index (χ1v) is 8.01. The molecule has 0 atom stereocenters. The highest BCUT2D eigenvalue weighted by Crippen LogP contribution is 2.52. The Morgan fingerprint density at radius 2 is 2.04 bits per heavy atom. The fraction of sp³-hybridized carbons (Fsp3) is 0.588. The quantitative estimate of drug-likeness (QED) is 0.923. The summed E-state index contributed by atoms with van der Waals surface area (Å²) in [6, 6.07) is 0. The molecule has 0 radical (unpaired) electrons. The van der Waals surface area contributed by atoms with E-state index in [2.05, 4.69) is 17.3 Å². The summed E-state index contributed by atoms with van der Waals surface area (Å²) in [6.45, 7) is 5.91. The number of nitrogens with zero attached hydrogens (tertiary/aromatic N) is 1. The van der Waals surface area contributed by atoms with Gasteiger partial charge in [-0.15, -0.1) is 0 Å². The van der Waals surface area contributed by atoms with Gasteiger partial charge in [-0.1, -0.05) is 13.8 Å². The van der Waals surface area contributed by atoms with Crippen LogP contribution < -0.4 is 19.5 Å². The summed E-state index contributed by atoms with van der Waals surface area (Å²) in [6.07, 6.45) is 1.33. The molecule has 1 amide bonds. The van der Waals surface area contributed by atoms with Crippen molar-refractivity contribution in [3.8, 4) is 17.2 Å². The third-order valence-corrected chi connectivity index (χ3v) is 4.22. The molecule has 6 nitrogen and oxygen atoms in total. The maximum Gasteiger partial charge on any atom is 0.231 e. The highest BCUT2D eigenvalue weighted by Gasteiger charge is 2.33. The third-order valence-electron chi connectivity index (χ3n) is 4.22. The second-order valence-electron chi connectivity index (χ2n) is 6.56. The van der Waals surface area contributed by atoms with Gasteiger partial charge in [0.1, 0.15) is 0 Å². The fourth-order valence-electron chi connectivity index (χ4n) is 3.20. The van der Waals surface area contributed by atoms with E-state index in [4.69, 9.17) is 14.2 Å². The molecular formula is C17H24N2O4. The topological polar surface area (TPSA) is 60.0 Å². The number of hydrogen-bond acceptors (Lipinski definition) is 5. The van der Waals surface area contributed by atoms with E-state index in [1.807, 2.05) is 13.8 Å². The second-order valence-corrected chi connectivity index (χ2v) is 6.56. The zero-order chi connectivity index (χ0) is 16.6. The highest BCUT2D eigenvalue weighted by molar-refractivity contribution is 5.95. The number of benzene rings is 1. The molecule has 126 valence electrons. The Kier molecular flexibility index (Phi) is 4.35. The Hall–Kier alpha value is -1.95. The van der Waals surface area contributed by atoms with Crippen molar-refractivity contribution in [2.75, 3.05) is 32.8 Å². The Labute approximate surface area is 136 Å². The maximum absolute atomic E-state index is 12.3. The third kappa shape index (κ3) is 2.95. The van der Waals surface area contributed by atoms with Gasteiger partial charge >= 0.3 is 0 Å². The molecule has 0 saturated heterocycles. The van der Waals surface area contributed by atoms with Crippen molar-refractivity contribution in [1.29, 1.82) is 0 Å². The first-order chi connectivity index (χ1) is 11.0. The molecule has 0 saturated carbocycles. The molecule has 2 aliphatic heterocycles. The van der Waals surface area contributed by atoms with Gasteiger partial charge in [0.25, 0.3) is 0 Å². The van der Waals surface area contributed by atoms with Crippen LogP contribution in [0.1, 0.15) is 31.4 Å². The lowest BCUT2D eigenvalue weighted by Crippen LogP contribution is -2.28. The number of fused-ring (bicyclic) bond motifs is 2. The number of likely N-dealkylation sites (N-methyl/N-ethyl adjacent to an activating group) is 1. The summed E-state index contributed by atoms with van der Waals surface area (Å²) in [7, 11) is 3.72. The van der Waals surface area contributed by atoms with Crippen LogP contribution in [0, 0.1) is 5.92 Å². The molecule has 6 heteroatoms. The molecular weight excluding hydrogens is 296 g/mol. The number of carbonyl (C=O) groups is 1. The number of hydrogen-bond donors (Lipinski definition) is 1. The van der Waals surface area contributed by atoms with Crippen molar-refractivity contribution in [2.45, 2.75) is 33.2 Å². The Bertz CT molecular complexity index is 628. The predicted molar refractivity (Wildman–Crippen MR) is 87.2 cm³/mol. The Morgan fingerprint density at radius 3 is 2.74 bits per heavy atom. The van der Waals surface area contributed by atoms with Crippen LogP contribution in [-0.2, 0) is 17.8 Å². The van der Waals surface area contributed by atoms with Crippen molar-refractivity contribution in [2.24, 2.45) is 5.92 Å². The first kappa shape index (κ1) is 15.9. The van der Waals surface area contributed by atoms with Gasteiger partial charge in [-0.05, 0) is 24.9 Å². The predicted octanol–water partition coefficient (Wildman–Crippen LogP) is 2.40. The van der Waals surface area contributed by atoms with E-state index in [1.54, 1.807) is 7.11 Å². The maximum atomic E-state index is 12.3. The van der Waals surface area contributed by atoms with E-state index in [0.29, 0.717) is 23.8 Å². The molecule has 0 unspecified atom stereocenters. The molecule has 0 aliphatic carbocycles. The van der Waals surface area contributed by atoms with Gasteiger partial charge in [0.2, 0.25) is 18.4 Å². The first-order valence-electron chi connectivity index (χ1n) is 8.01. The molecule has 1 aromatic carbocycles. The monoisotopic (exact) mass is 320 g/mol. The van der Waals surface area contributed by atoms with E-state index >= 15 is 0 Å². The molecule has 2 aliphatic rings. The number of ether oxygens (including phenoxy) is 3. The van der Waals surface area contributed by atoms with Crippen molar-refractivity contribution in [1.82, 2.24) is 4.90 Å². The molecule has 0 spiro atoms. The highest BCUT2D eigenvalue weighted by atomic mass is 16.7. The number of methoxy groups -OCH3 is 1. The zero-order valence-corrected chi connectivity index (χ0v) is 14.2. The number of rotatable bonds is 4. The van der Waals surface area contributed by atoms with Gasteiger partial charge in [-0.25, -0.2) is 0 Å². The average Bonchev–Trinajstić information content (AvgIpc) is 2.95. The summed E-state index contributed by atoms with van der Waals surface area (Å²) in [5, 5.41) is 3.05. The second kappa shape index (κ2) is 6.28. The summed E-state index contributed by atoms with van der Waals surface area (Å²) in [5.74, 6) is 2.23. The number of nitrogens with one attached hydrogen (secondary N) is 1. The van der Waals surface area contributed by atoms with Crippen LogP contribution in [0.3, 0.4) is 0 Å². The molecule has 0 bridgehead atoms. The van der Waals surface area contributed by atoms with Gasteiger partial charge in [-0.3, -0.25) is 4.79 Å². The van der Waals surface area contributed by atoms with E-state index < -0.39 is 0 Å². The summed E-state index contributed by atoms with van der Waals surface area (Å²) in [5.41, 5.74) is 2.93. The Morgan fingerprint density at radius 1 is 1.30 bits per heavy atom. The normalized spacial score (nSPS) is 16.4. The smallest absolute Gasteiger partial charge is 0.231 e. The average molecular weight is 320 g/mol. The van der Waals surface area contributed by atoms with E-state index in [0.717, 1.165) is 42.1 Å². The van der Waals surface area contributed by atoms with Gasteiger partial charge in [0.15, 0.2) is 11.5 Å². The zero-order valence-electron chi connectivity index (χ0n) is 14.2. The van der Waals surface area contributed by atoms with Crippen LogP contribution in [0.5, 0.6) is 17.2 Å². The van der Waals surface area contributed by atoms with Crippen LogP contribution in [0.25, 0.3) is 0 Å². The molecule has 1 N–H and O–H groups in total. The van der Waals surface area contributed by atoms with Crippen LogP contribution in [-0.4, -0.2) is 38.3 Å². The van der Waals surface area contributed by atoms with E-state index in [9.17, 15) is 4.79 Å². The van der Waals surface area contributed by atoms with Gasteiger partial charge < -0.3 is 24.4 Å². The minimum atomic E-state index is 0.00370. The van der Waals surface area contributed by atoms with E-state index in [1.165, 1.54) is 0 Å². The lowest BCUT2D eigenvalue weighted by molar-refractivity contribution is -0.116. The fourth-order valence-corrected chi connectivity index (χ4v) is 3.20. The van der Waals surface area contributed by atoms with Gasteiger partial charge in [-0.2, -0.15) is 0 Å². The molecule has 1 aromatic rings. The number of anilines is 1. The molecule has 23 heavy (non-hydrogen) atoms. The molecule has 3 rings (SSSR count). The van der Waals surface area contributed by atoms with Gasteiger partial charge in [0.05, 0.1) is 12.8 Å². The summed E-state index contributed by atoms with van der Waals surface area (Å²) in [4.78, 5) is 14.5. The van der Waals surface area contributed by atoms with Crippen LogP contribution in [0.4, 0.5) is 5.69 Å². The van der Waals surface area contributed by atoms with Crippen LogP contribution in [0.2, 0.25) is 0 Å². The van der Waals surface area contributed by atoms with Crippen molar-refractivity contribution < 1.29 is 19.0 Å². The summed E-state index contributed by atoms with van der Waals surface area (Å²) < 4.78 is 16.8. The lowest BCUT2D eigenvalue weighted by Gasteiger charge is -2.29. The number of amides is 1. The SMILES string of the molecule is COc1c2c(c(NC(=O)CC(C)C)c3c1OCO3)CCN(C)C2. The van der Waals surface area contributed by atoms with Crippen molar-refractivity contribution in [3.63, 3.8) is 0 Å². The standard InChI is InChI=1S/C17H24N2O4/c1-10(2)7-13(20)18-14-11-5-6-19(3)8-12(11)15(21-4)17-16(14)22-9-23-17/h10H,5-9H2,1-4H3,(H,18,20). The van der Waals surface area contributed by atoms with Gasteiger partial charge in [0, 0.05) is 25.1 Å².